The van der Waals surface area contributed by atoms with Crippen molar-refractivity contribution in [2.45, 2.75) is 26.3 Å². The van der Waals surface area contributed by atoms with Crippen molar-refractivity contribution in [1.82, 2.24) is 4.90 Å². The Morgan fingerprint density at radius 1 is 1.04 bits per heavy atom. The summed E-state index contributed by atoms with van der Waals surface area (Å²) >= 11 is 0. The fraction of sp³-hybridized carbons (Fsp3) is 0.381. The lowest BCUT2D eigenvalue weighted by molar-refractivity contribution is 0.250. The molecule has 3 rings (SSSR count). The number of halogens is 1. The van der Waals surface area contributed by atoms with E-state index in [9.17, 15) is 9.65 Å². The lowest BCUT2D eigenvalue weighted by Crippen LogP contribution is -2.46. The fourth-order valence-corrected chi connectivity index (χ4v) is 3.30. The highest BCUT2D eigenvalue weighted by atomic mass is 19.1. The van der Waals surface area contributed by atoms with Gasteiger partial charge in [-0.3, -0.25) is 4.90 Å². The number of hydrogen-bond donors (Lipinski definition) is 0. The van der Waals surface area contributed by atoms with Crippen molar-refractivity contribution < 1.29 is 4.39 Å². The van der Waals surface area contributed by atoms with Gasteiger partial charge in [0.25, 0.3) is 0 Å². The van der Waals surface area contributed by atoms with Gasteiger partial charge in [0.1, 0.15) is 17.4 Å². The number of hydrogen-bond acceptors (Lipinski definition) is 3. The average Bonchev–Trinajstić information content (AvgIpc) is 2.62. The zero-order valence-corrected chi connectivity index (χ0v) is 14.9. The molecule has 0 radical (unpaired) electrons. The summed E-state index contributed by atoms with van der Waals surface area (Å²) in [6.07, 6.45) is 0. The fourth-order valence-electron chi connectivity index (χ4n) is 3.30. The molecule has 0 unspecified atom stereocenters. The minimum atomic E-state index is -0.437. The third-order valence-corrected chi connectivity index (χ3v) is 4.87. The van der Waals surface area contributed by atoms with Crippen LogP contribution in [0.4, 0.5) is 10.1 Å². The maximum atomic E-state index is 13.8. The SMILES string of the molecule is CC(C)c1ccc(CN2CCN(c3cccc(F)c3C#N)CC2)cc1. The molecule has 130 valence electrons. The standard InChI is InChI=1S/C21H24FN3/c1-16(2)18-8-6-17(7-9-18)15-24-10-12-25(13-11-24)21-5-3-4-20(22)19(21)14-23/h3-9,16H,10-13,15H2,1-2H3. The Balaban J connectivity index is 1.61. The molecule has 1 saturated heterocycles. The molecule has 1 heterocycles. The zero-order valence-electron chi connectivity index (χ0n) is 14.9. The van der Waals surface area contributed by atoms with Crippen LogP contribution in [0.2, 0.25) is 0 Å². The molecule has 0 aromatic heterocycles. The molecular formula is C21H24FN3. The molecule has 1 aliphatic heterocycles. The first-order valence-corrected chi connectivity index (χ1v) is 8.83. The number of rotatable bonds is 4. The first-order valence-electron chi connectivity index (χ1n) is 8.83. The van der Waals surface area contributed by atoms with Gasteiger partial charge >= 0.3 is 0 Å². The van der Waals surface area contributed by atoms with Gasteiger partial charge < -0.3 is 4.90 Å². The number of anilines is 1. The van der Waals surface area contributed by atoms with Crippen molar-refractivity contribution in [3.63, 3.8) is 0 Å². The van der Waals surface area contributed by atoms with Crippen molar-refractivity contribution in [3.8, 4) is 6.07 Å². The molecule has 0 N–H and O–H groups in total. The average molecular weight is 337 g/mol. The smallest absolute Gasteiger partial charge is 0.143 e. The predicted molar refractivity (Wildman–Crippen MR) is 99.1 cm³/mol. The van der Waals surface area contributed by atoms with Crippen LogP contribution in [-0.4, -0.2) is 31.1 Å². The summed E-state index contributed by atoms with van der Waals surface area (Å²) in [7, 11) is 0. The molecule has 0 atom stereocenters. The Bertz CT molecular complexity index is 754. The summed E-state index contributed by atoms with van der Waals surface area (Å²) in [5.41, 5.74) is 3.55. The quantitative estimate of drug-likeness (QED) is 0.840. The molecule has 3 nitrogen and oxygen atoms in total. The summed E-state index contributed by atoms with van der Waals surface area (Å²) < 4.78 is 13.8. The Morgan fingerprint density at radius 2 is 1.72 bits per heavy atom. The normalized spacial score (nSPS) is 15.4. The molecule has 4 heteroatoms. The van der Waals surface area contributed by atoms with E-state index >= 15 is 0 Å². The third kappa shape index (κ3) is 4.00. The van der Waals surface area contributed by atoms with Gasteiger partial charge in [-0.05, 0) is 29.2 Å². The molecule has 1 fully saturated rings. The van der Waals surface area contributed by atoms with Crippen molar-refractivity contribution in [3.05, 3.63) is 65.0 Å². The maximum absolute atomic E-state index is 13.8. The van der Waals surface area contributed by atoms with Crippen LogP contribution in [0.1, 0.15) is 36.5 Å². The summed E-state index contributed by atoms with van der Waals surface area (Å²) in [5.74, 6) is 0.117. The van der Waals surface area contributed by atoms with E-state index in [1.807, 2.05) is 12.1 Å². The van der Waals surface area contributed by atoms with E-state index in [0.717, 1.165) is 32.7 Å². The van der Waals surface area contributed by atoms with Gasteiger partial charge in [-0.15, -0.1) is 0 Å². The topological polar surface area (TPSA) is 30.3 Å². The van der Waals surface area contributed by atoms with Gasteiger partial charge in [0.05, 0.1) is 5.69 Å². The van der Waals surface area contributed by atoms with E-state index < -0.39 is 5.82 Å². The molecule has 2 aromatic carbocycles. The summed E-state index contributed by atoms with van der Waals surface area (Å²) in [5, 5.41) is 9.21. The Morgan fingerprint density at radius 3 is 2.32 bits per heavy atom. The van der Waals surface area contributed by atoms with Crippen molar-refractivity contribution in [1.29, 1.82) is 5.26 Å². The lowest BCUT2D eigenvalue weighted by Gasteiger charge is -2.36. The van der Waals surface area contributed by atoms with E-state index in [1.54, 1.807) is 6.07 Å². The minimum Gasteiger partial charge on any atom is -0.368 e. The van der Waals surface area contributed by atoms with Crippen LogP contribution in [0.5, 0.6) is 0 Å². The highest BCUT2D eigenvalue weighted by molar-refractivity contribution is 5.60. The van der Waals surface area contributed by atoms with Crippen molar-refractivity contribution >= 4 is 5.69 Å². The summed E-state index contributed by atoms with van der Waals surface area (Å²) in [6, 6.07) is 15.7. The van der Waals surface area contributed by atoms with Gasteiger partial charge in [0.2, 0.25) is 0 Å². The number of piperazine rings is 1. The second-order valence-corrected chi connectivity index (χ2v) is 6.91. The lowest BCUT2D eigenvalue weighted by atomic mass is 10.0. The van der Waals surface area contributed by atoms with Gasteiger partial charge in [0.15, 0.2) is 0 Å². The molecular weight excluding hydrogens is 313 g/mol. The molecule has 0 aliphatic carbocycles. The maximum Gasteiger partial charge on any atom is 0.143 e. The van der Waals surface area contributed by atoms with E-state index in [-0.39, 0.29) is 5.56 Å². The first-order chi connectivity index (χ1) is 12.1. The zero-order chi connectivity index (χ0) is 17.8. The van der Waals surface area contributed by atoms with E-state index in [0.29, 0.717) is 11.6 Å². The number of nitrogens with zero attached hydrogens (tertiary/aromatic N) is 3. The van der Waals surface area contributed by atoms with Gasteiger partial charge in [0, 0.05) is 32.7 Å². The molecule has 2 aromatic rings. The predicted octanol–water partition coefficient (Wildman–Crippen LogP) is 4.14. The Hall–Kier alpha value is -2.38. The molecule has 0 amide bonds. The summed E-state index contributed by atoms with van der Waals surface area (Å²) in [4.78, 5) is 4.52. The van der Waals surface area contributed by atoms with Gasteiger partial charge in [-0.2, -0.15) is 5.26 Å². The minimum absolute atomic E-state index is 0.153. The number of nitriles is 1. The van der Waals surface area contributed by atoms with Crippen LogP contribution in [0.15, 0.2) is 42.5 Å². The largest absolute Gasteiger partial charge is 0.368 e. The molecule has 0 spiro atoms. The van der Waals surface area contributed by atoms with Crippen LogP contribution in [-0.2, 0) is 6.54 Å². The van der Waals surface area contributed by atoms with Crippen LogP contribution >= 0.6 is 0 Å². The van der Waals surface area contributed by atoms with Gasteiger partial charge in [-0.1, -0.05) is 44.2 Å². The van der Waals surface area contributed by atoms with Crippen LogP contribution in [0.25, 0.3) is 0 Å². The van der Waals surface area contributed by atoms with Crippen LogP contribution < -0.4 is 4.90 Å². The Labute approximate surface area is 149 Å². The number of benzene rings is 2. The van der Waals surface area contributed by atoms with Crippen LogP contribution in [0, 0.1) is 17.1 Å². The highest BCUT2D eigenvalue weighted by Crippen LogP contribution is 2.24. The molecule has 0 bridgehead atoms. The molecule has 0 saturated carbocycles. The summed E-state index contributed by atoms with van der Waals surface area (Å²) in [6.45, 7) is 8.78. The van der Waals surface area contributed by atoms with E-state index in [2.05, 4.69) is 47.9 Å². The van der Waals surface area contributed by atoms with Crippen LogP contribution in [0.3, 0.4) is 0 Å². The van der Waals surface area contributed by atoms with Crippen molar-refractivity contribution in [2.24, 2.45) is 0 Å². The molecule has 25 heavy (non-hydrogen) atoms. The highest BCUT2D eigenvalue weighted by Gasteiger charge is 2.20. The van der Waals surface area contributed by atoms with E-state index in [1.165, 1.54) is 17.2 Å². The third-order valence-electron chi connectivity index (χ3n) is 4.87. The van der Waals surface area contributed by atoms with E-state index in [4.69, 9.17) is 0 Å². The Kier molecular flexibility index (Phi) is 5.35. The second-order valence-electron chi connectivity index (χ2n) is 6.91. The molecule has 1 aliphatic rings. The van der Waals surface area contributed by atoms with Gasteiger partial charge in [-0.25, -0.2) is 4.39 Å². The first kappa shape index (κ1) is 17.4. The monoisotopic (exact) mass is 337 g/mol. The van der Waals surface area contributed by atoms with Crippen molar-refractivity contribution in [2.75, 3.05) is 31.1 Å². The second kappa shape index (κ2) is 7.67.